The monoisotopic (exact) mass is 426 g/mol. The van der Waals surface area contributed by atoms with Crippen molar-refractivity contribution in [2.75, 3.05) is 6.61 Å². The molecule has 0 aromatic rings. The smallest absolute Gasteiger partial charge is 0.339 e. The standard InChI is InChI=1S/C24H26O5S/c1-5-27-19-11-15-10-18-17(13(2)22(25)28-18)12-24(15,4)14(3)21(19)29-23(26)16-8-6-7-9-20(16)30/h6-8,10-11,14,19,21H,5,9,12H2,1-4H3/t14-,19+,21+,24+/m0/s1. The lowest BCUT2D eigenvalue weighted by Crippen LogP contribution is -2.50. The van der Waals surface area contributed by atoms with E-state index in [0.29, 0.717) is 41.2 Å². The van der Waals surface area contributed by atoms with Gasteiger partial charge in [-0.1, -0.05) is 38.2 Å². The molecule has 1 aliphatic heterocycles. The minimum atomic E-state index is -0.463. The molecule has 3 aliphatic carbocycles. The lowest BCUT2D eigenvalue weighted by atomic mass is 9.60. The Morgan fingerprint density at radius 2 is 2.17 bits per heavy atom. The molecule has 0 fully saturated rings. The second-order valence-electron chi connectivity index (χ2n) is 8.43. The number of carbonyl (C=O) groups excluding carboxylic acids is 2. The molecule has 0 aromatic carbocycles. The maximum atomic E-state index is 12.9. The molecular formula is C24H26O5S. The second-order valence-corrected chi connectivity index (χ2v) is 8.93. The molecule has 30 heavy (non-hydrogen) atoms. The van der Waals surface area contributed by atoms with Crippen LogP contribution in [0.3, 0.4) is 0 Å². The summed E-state index contributed by atoms with van der Waals surface area (Å²) in [7, 11) is 0. The maximum Gasteiger partial charge on any atom is 0.339 e. The van der Waals surface area contributed by atoms with Crippen molar-refractivity contribution < 1.29 is 23.8 Å². The molecule has 0 saturated heterocycles. The van der Waals surface area contributed by atoms with Gasteiger partial charge in [-0.3, -0.25) is 0 Å². The Morgan fingerprint density at radius 1 is 1.40 bits per heavy atom. The molecule has 158 valence electrons. The van der Waals surface area contributed by atoms with Gasteiger partial charge in [0.25, 0.3) is 0 Å². The first kappa shape index (κ1) is 20.9. The van der Waals surface area contributed by atoms with Crippen LogP contribution in [0.1, 0.15) is 40.5 Å². The number of hydrogen-bond donors (Lipinski definition) is 0. The largest absolute Gasteiger partial charge is 0.455 e. The Morgan fingerprint density at radius 3 is 2.87 bits per heavy atom. The number of hydrogen-bond acceptors (Lipinski definition) is 6. The van der Waals surface area contributed by atoms with E-state index in [2.05, 4.69) is 13.8 Å². The van der Waals surface area contributed by atoms with Crippen molar-refractivity contribution in [1.29, 1.82) is 0 Å². The molecule has 0 aromatic heterocycles. The van der Waals surface area contributed by atoms with Crippen molar-refractivity contribution in [3.8, 4) is 0 Å². The van der Waals surface area contributed by atoms with Gasteiger partial charge in [0.2, 0.25) is 0 Å². The Kier molecular flexibility index (Phi) is 5.41. The van der Waals surface area contributed by atoms with Crippen molar-refractivity contribution >= 4 is 29.0 Å². The summed E-state index contributed by atoms with van der Waals surface area (Å²) in [6.07, 6.45) is 9.80. The average Bonchev–Trinajstić information content (AvgIpc) is 2.98. The Labute approximate surface area is 182 Å². The first-order chi connectivity index (χ1) is 14.3. The number of rotatable bonds is 4. The van der Waals surface area contributed by atoms with Gasteiger partial charge in [-0.15, -0.1) is 0 Å². The number of carbonyl (C=O) groups is 2. The topological polar surface area (TPSA) is 61.8 Å². The van der Waals surface area contributed by atoms with Gasteiger partial charge in [-0.25, -0.2) is 9.59 Å². The third-order valence-corrected chi connectivity index (χ3v) is 7.13. The van der Waals surface area contributed by atoms with Crippen molar-refractivity contribution in [1.82, 2.24) is 0 Å². The van der Waals surface area contributed by atoms with E-state index < -0.39 is 12.1 Å². The third-order valence-electron chi connectivity index (χ3n) is 6.74. The summed E-state index contributed by atoms with van der Waals surface area (Å²) in [5.74, 6) is -0.112. The van der Waals surface area contributed by atoms with Crippen molar-refractivity contribution in [2.24, 2.45) is 11.3 Å². The fraction of sp³-hybridized carbons (Fsp3) is 0.458. The van der Waals surface area contributed by atoms with Crippen LogP contribution in [-0.4, -0.2) is 35.6 Å². The van der Waals surface area contributed by atoms with Crippen LogP contribution in [0.2, 0.25) is 0 Å². The molecule has 4 rings (SSSR count). The van der Waals surface area contributed by atoms with E-state index in [1.807, 2.05) is 31.2 Å². The van der Waals surface area contributed by atoms with Crippen LogP contribution in [0.5, 0.6) is 0 Å². The summed E-state index contributed by atoms with van der Waals surface area (Å²) in [6, 6.07) is 0. The van der Waals surface area contributed by atoms with Gasteiger partial charge in [-0.05, 0) is 44.1 Å². The van der Waals surface area contributed by atoms with Gasteiger partial charge in [-0.2, -0.15) is 0 Å². The highest BCUT2D eigenvalue weighted by molar-refractivity contribution is 7.81. The SMILES string of the molecule is CCO[C@@H]1C=C2C=C3OC(=O)C(C)=C3C[C@]2(C)[C@@H](C)[C@H]1OC(=O)C1=CC=CCC1=S. The Balaban J connectivity index is 1.69. The summed E-state index contributed by atoms with van der Waals surface area (Å²) in [4.78, 5) is 25.6. The molecule has 0 N–H and O–H groups in total. The predicted molar refractivity (Wildman–Crippen MR) is 117 cm³/mol. The predicted octanol–water partition coefficient (Wildman–Crippen LogP) is 4.30. The number of esters is 2. The zero-order valence-electron chi connectivity index (χ0n) is 17.7. The minimum absolute atomic E-state index is 0.0416. The lowest BCUT2D eigenvalue weighted by molar-refractivity contribution is -0.159. The zero-order chi connectivity index (χ0) is 21.6. The van der Waals surface area contributed by atoms with Gasteiger partial charge in [0.05, 0.1) is 5.57 Å². The van der Waals surface area contributed by atoms with Crippen LogP contribution in [-0.2, 0) is 23.8 Å². The minimum Gasteiger partial charge on any atom is -0.455 e. The highest BCUT2D eigenvalue weighted by atomic mass is 32.1. The summed E-state index contributed by atoms with van der Waals surface area (Å²) >= 11 is 5.35. The van der Waals surface area contributed by atoms with E-state index >= 15 is 0 Å². The van der Waals surface area contributed by atoms with Gasteiger partial charge < -0.3 is 14.2 Å². The molecule has 0 unspecified atom stereocenters. The van der Waals surface area contributed by atoms with E-state index in [-0.39, 0.29) is 23.4 Å². The van der Waals surface area contributed by atoms with E-state index in [1.54, 1.807) is 13.0 Å². The summed E-state index contributed by atoms with van der Waals surface area (Å²) < 4.78 is 17.4. The van der Waals surface area contributed by atoms with Crippen molar-refractivity contribution in [3.63, 3.8) is 0 Å². The van der Waals surface area contributed by atoms with Gasteiger partial charge in [0.1, 0.15) is 18.0 Å². The molecule has 4 aliphatic rings. The average molecular weight is 427 g/mol. The molecule has 5 nitrogen and oxygen atoms in total. The molecule has 0 saturated carbocycles. The molecular weight excluding hydrogens is 400 g/mol. The number of thiocarbonyl (C=S) groups is 1. The molecule has 6 heteroatoms. The fourth-order valence-corrected chi connectivity index (χ4v) is 4.90. The number of fused-ring (bicyclic) bond motifs is 2. The molecule has 1 heterocycles. The molecule has 4 atom stereocenters. The highest BCUT2D eigenvalue weighted by Crippen LogP contribution is 2.54. The van der Waals surface area contributed by atoms with Gasteiger partial charge in [0.15, 0.2) is 0 Å². The normalized spacial score (nSPS) is 32.7. The van der Waals surface area contributed by atoms with E-state index in [9.17, 15) is 9.59 Å². The number of allylic oxidation sites excluding steroid dienone is 6. The quantitative estimate of drug-likeness (QED) is 0.493. The van der Waals surface area contributed by atoms with E-state index in [1.165, 1.54) is 0 Å². The van der Waals surface area contributed by atoms with Crippen molar-refractivity contribution in [2.45, 2.75) is 52.7 Å². The van der Waals surface area contributed by atoms with Crippen LogP contribution < -0.4 is 0 Å². The maximum absolute atomic E-state index is 12.9. The lowest BCUT2D eigenvalue weighted by Gasteiger charge is -2.48. The van der Waals surface area contributed by atoms with Crippen LogP contribution in [0.4, 0.5) is 0 Å². The molecule has 0 radical (unpaired) electrons. The fourth-order valence-electron chi connectivity index (χ4n) is 4.65. The Hall–Kier alpha value is -2.31. The van der Waals surface area contributed by atoms with Crippen LogP contribution >= 0.6 is 12.2 Å². The van der Waals surface area contributed by atoms with Crippen LogP contribution in [0.25, 0.3) is 0 Å². The first-order valence-electron chi connectivity index (χ1n) is 10.3. The van der Waals surface area contributed by atoms with Crippen LogP contribution in [0.15, 0.2) is 58.4 Å². The third kappa shape index (κ3) is 3.32. The molecule has 0 bridgehead atoms. The van der Waals surface area contributed by atoms with E-state index in [4.69, 9.17) is 26.4 Å². The Bertz CT molecular complexity index is 980. The van der Waals surface area contributed by atoms with Gasteiger partial charge in [0, 0.05) is 40.4 Å². The molecule has 0 amide bonds. The van der Waals surface area contributed by atoms with Crippen molar-refractivity contribution in [3.05, 3.63) is 58.4 Å². The van der Waals surface area contributed by atoms with Crippen LogP contribution in [0, 0.1) is 11.3 Å². The highest BCUT2D eigenvalue weighted by Gasteiger charge is 2.51. The summed E-state index contributed by atoms with van der Waals surface area (Å²) in [5.41, 5.74) is 2.77. The first-order valence-corrected chi connectivity index (χ1v) is 10.8. The number of ether oxygens (including phenoxy) is 3. The summed E-state index contributed by atoms with van der Waals surface area (Å²) in [5, 5.41) is 0. The zero-order valence-corrected chi connectivity index (χ0v) is 18.5. The van der Waals surface area contributed by atoms with E-state index in [0.717, 1.165) is 11.1 Å². The summed E-state index contributed by atoms with van der Waals surface area (Å²) in [6.45, 7) is 8.44. The molecule has 0 spiro atoms. The van der Waals surface area contributed by atoms with Gasteiger partial charge >= 0.3 is 11.9 Å². The second kappa shape index (κ2) is 7.75.